The number of carbonyl (C=O) groups is 1. The van der Waals surface area contributed by atoms with Gasteiger partial charge < -0.3 is 5.11 Å². The van der Waals surface area contributed by atoms with Gasteiger partial charge in [-0.2, -0.15) is 8.42 Å². The summed E-state index contributed by atoms with van der Waals surface area (Å²) >= 11 is 0. The van der Waals surface area contributed by atoms with Crippen LogP contribution in [0.25, 0.3) is 6.08 Å². The highest BCUT2D eigenvalue weighted by molar-refractivity contribution is 7.73. The Labute approximate surface area is 129 Å². The summed E-state index contributed by atoms with van der Waals surface area (Å²) in [7, 11) is -2.55. The molecule has 0 radical (unpaired) electrons. The SMILES string of the molecule is C=Cc1ccccc1.NOC1C(C(=O)O)=CC=CC1=S(=O)=O. The molecule has 0 aromatic heterocycles. The fourth-order valence-electron chi connectivity index (χ4n) is 1.63. The molecule has 116 valence electrons. The molecule has 0 amide bonds. The first-order chi connectivity index (χ1) is 10.5. The molecule has 1 aromatic rings. The van der Waals surface area contributed by atoms with Crippen LogP contribution in [0.1, 0.15) is 5.56 Å². The van der Waals surface area contributed by atoms with E-state index in [-0.39, 0.29) is 10.4 Å². The van der Waals surface area contributed by atoms with E-state index < -0.39 is 22.4 Å². The van der Waals surface area contributed by atoms with Crippen LogP contribution in [0.4, 0.5) is 0 Å². The molecule has 1 aromatic carbocycles. The molecule has 0 saturated carbocycles. The summed E-state index contributed by atoms with van der Waals surface area (Å²) in [4.78, 5) is 14.7. The van der Waals surface area contributed by atoms with Gasteiger partial charge in [0.25, 0.3) is 0 Å². The molecule has 0 spiro atoms. The highest BCUT2D eigenvalue weighted by Gasteiger charge is 2.27. The quantitative estimate of drug-likeness (QED) is 0.640. The summed E-state index contributed by atoms with van der Waals surface area (Å²) in [5.41, 5.74) is 0.960. The fourth-order valence-corrected chi connectivity index (χ4v) is 2.18. The average molecular weight is 321 g/mol. The third-order valence-corrected chi connectivity index (χ3v) is 3.42. The molecule has 2 rings (SSSR count). The van der Waals surface area contributed by atoms with Crippen LogP contribution >= 0.6 is 0 Å². The van der Waals surface area contributed by atoms with Crippen molar-refractivity contribution in [3.8, 4) is 0 Å². The van der Waals surface area contributed by atoms with Crippen LogP contribution in [0, 0.1) is 0 Å². The van der Waals surface area contributed by atoms with Gasteiger partial charge in [0.2, 0.25) is 10.3 Å². The lowest BCUT2D eigenvalue weighted by Crippen LogP contribution is -2.33. The van der Waals surface area contributed by atoms with Crippen LogP contribution in [-0.4, -0.2) is 30.5 Å². The van der Waals surface area contributed by atoms with Crippen molar-refractivity contribution in [1.29, 1.82) is 0 Å². The summed E-state index contributed by atoms with van der Waals surface area (Å²) in [6.07, 6.45) is 4.36. The van der Waals surface area contributed by atoms with Crippen molar-refractivity contribution in [2.75, 3.05) is 0 Å². The molecule has 0 bridgehead atoms. The van der Waals surface area contributed by atoms with Crippen LogP contribution in [0.5, 0.6) is 0 Å². The van der Waals surface area contributed by atoms with Gasteiger partial charge in [-0.15, -0.1) is 0 Å². The zero-order valence-corrected chi connectivity index (χ0v) is 12.4. The second kappa shape index (κ2) is 8.73. The lowest BCUT2D eigenvalue weighted by molar-refractivity contribution is -0.133. The number of rotatable bonds is 3. The van der Waals surface area contributed by atoms with Crippen LogP contribution in [0.2, 0.25) is 0 Å². The number of benzene rings is 1. The number of carboxylic acids is 1. The van der Waals surface area contributed by atoms with Crippen LogP contribution in [0.3, 0.4) is 0 Å². The van der Waals surface area contributed by atoms with E-state index in [0.29, 0.717) is 0 Å². The largest absolute Gasteiger partial charge is 0.478 e. The molecule has 1 aliphatic rings. The minimum Gasteiger partial charge on any atom is -0.478 e. The Morgan fingerprint density at radius 3 is 2.36 bits per heavy atom. The van der Waals surface area contributed by atoms with Crippen LogP contribution in [0.15, 0.2) is 60.7 Å². The van der Waals surface area contributed by atoms with E-state index in [0.717, 1.165) is 0 Å². The Morgan fingerprint density at radius 1 is 1.32 bits per heavy atom. The summed E-state index contributed by atoms with van der Waals surface area (Å²) in [6.45, 7) is 3.63. The Kier molecular flexibility index (Phi) is 6.97. The first-order valence-corrected chi connectivity index (χ1v) is 7.19. The molecule has 22 heavy (non-hydrogen) atoms. The Hall–Kier alpha value is -2.48. The fraction of sp³-hybridized carbons (Fsp3) is 0.0667. The number of allylic oxidation sites excluding steroid dienone is 2. The Balaban J connectivity index is 0.000000255. The number of carboxylic acid groups (broad SMARTS) is 1. The zero-order valence-electron chi connectivity index (χ0n) is 11.5. The van der Waals surface area contributed by atoms with Gasteiger partial charge in [0.15, 0.2) is 6.10 Å². The smallest absolute Gasteiger partial charge is 0.334 e. The van der Waals surface area contributed by atoms with E-state index >= 15 is 0 Å². The molecule has 6 nitrogen and oxygen atoms in total. The van der Waals surface area contributed by atoms with Crippen molar-refractivity contribution >= 4 is 27.2 Å². The number of aliphatic carboxylic acids is 1. The topological polar surface area (TPSA) is 107 Å². The lowest BCUT2D eigenvalue weighted by atomic mass is 10.0. The molecule has 0 heterocycles. The molecule has 0 fully saturated rings. The number of nitrogens with two attached hydrogens (primary N) is 1. The van der Waals surface area contributed by atoms with Crippen molar-refractivity contribution in [3.05, 3.63) is 66.3 Å². The summed E-state index contributed by atoms with van der Waals surface area (Å²) < 4.78 is 21.3. The molecule has 1 aliphatic carbocycles. The minimum absolute atomic E-state index is 0.201. The van der Waals surface area contributed by atoms with E-state index in [1.165, 1.54) is 23.8 Å². The summed E-state index contributed by atoms with van der Waals surface area (Å²) in [6, 6.07) is 10.0. The zero-order chi connectivity index (χ0) is 16.5. The molecule has 1 atom stereocenters. The average Bonchev–Trinajstić information content (AvgIpc) is 2.55. The van der Waals surface area contributed by atoms with E-state index in [2.05, 4.69) is 11.4 Å². The number of hydrogen-bond acceptors (Lipinski definition) is 5. The van der Waals surface area contributed by atoms with Gasteiger partial charge in [0.05, 0.1) is 5.57 Å². The summed E-state index contributed by atoms with van der Waals surface area (Å²) in [5, 5.41) is 8.69. The molecule has 0 saturated heterocycles. The van der Waals surface area contributed by atoms with Crippen LogP contribution in [-0.2, 0) is 19.9 Å². The standard InChI is InChI=1S/C8H8.C7H7NO5S/c1-2-8-6-4-3-5-7-8;8-13-6-4(7(9)10)2-1-3-5(6)14(11)12/h2-7H,1H2;1-3,6H,8H2,(H,9,10). The van der Waals surface area contributed by atoms with Gasteiger partial charge in [-0.1, -0.05) is 49.1 Å². The highest BCUT2D eigenvalue weighted by Crippen LogP contribution is 2.13. The van der Waals surface area contributed by atoms with Gasteiger partial charge in [0, 0.05) is 0 Å². The maximum Gasteiger partial charge on any atom is 0.334 e. The molecule has 0 aliphatic heterocycles. The highest BCUT2D eigenvalue weighted by atomic mass is 32.2. The monoisotopic (exact) mass is 321 g/mol. The van der Waals surface area contributed by atoms with Crippen molar-refractivity contribution in [2.24, 2.45) is 5.90 Å². The van der Waals surface area contributed by atoms with E-state index in [1.807, 2.05) is 36.4 Å². The maximum atomic E-state index is 10.6. The molecule has 7 heteroatoms. The summed E-state index contributed by atoms with van der Waals surface area (Å²) in [5.74, 6) is 3.56. The third kappa shape index (κ3) is 4.81. The normalized spacial score (nSPS) is 16.1. The van der Waals surface area contributed by atoms with Gasteiger partial charge in [-0.25, -0.2) is 10.7 Å². The minimum atomic E-state index is -2.55. The number of hydrogen-bond donors (Lipinski definition) is 2. The first-order valence-electron chi connectivity index (χ1n) is 6.12. The Bertz CT molecular complexity index is 724. The predicted octanol–water partition coefficient (Wildman–Crippen LogP) is 1.21. The maximum absolute atomic E-state index is 10.6. The van der Waals surface area contributed by atoms with Crippen LogP contribution < -0.4 is 5.90 Å². The van der Waals surface area contributed by atoms with Crippen molar-refractivity contribution in [1.82, 2.24) is 0 Å². The van der Waals surface area contributed by atoms with E-state index in [4.69, 9.17) is 11.0 Å². The molecule has 3 N–H and O–H groups in total. The van der Waals surface area contributed by atoms with Gasteiger partial charge >= 0.3 is 5.97 Å². The third-order valence-electron chi connectivity index (χ3n) is 2.69. The second-order valence-electron chi connectivity index (χ2n) is 4.05. The predicted molar refractivity (Wildman–Crippen MR) is 84.4 cm³/mol. The second-order valence-corrected chi connectivity index (χ2v) is 5.00. The van der Waals surface area contributed by atoms with Gasteiger partial charge in [-0.3, -0.25) is 4.84 Å². The van der Waals surface area contributed by atoms with E-state index in [1.54, 1.807) is 0 Å². The molecular weight excluding hydrogens is 306 g/mol. The lowest BCUT2D eigenvalue weighted by Gasteiger charge is -2.15. The van der Waals surface area contributed by atoms with Gasteiger partial charge in [0.1, 0.15) is 4.86 Å². The first kappa shape index (κ1) is 17.6. The Morgan fingerprint density at radius 2 is 1.95 bits per heavy atom. The van der Waals surface area contributed by atoms with Crippen molar-refractivity contribution in [2.45, 2.75) is 6.10 Å². The van der Waals surface area contributed by atoms with Gasteiger partial charge in [-0.05, 0) is 17.7 Å². The molecular formula is C15H15NO5S. The molecule has 1 unspecified atom stereocenters. The van der Waals surface area contributed by atoms with Crippen molar-refractivity contribution < 1.29 is 23.2 Å². The van der Waals surface area contributed by atoms with E-state index in [9.17, 15) is 13.2 Å². The van der Waals surface area contributed by atoms with Crippen molar-refractivity contribution in [3.63, 3.8) is 0 Å².